The number of anilines is 1. The summed E-state index contributed by atoms with van der Waals surface area (Å²) in [4.78, 5) is 23.0. The third kappa shape index (κ3) is 3.54. The number of alkyl halides is 3. The highest BCUT2D eigenvalue weighted by Crippen LogP contribution is 2.40. The van der Waals surface area contributed by atoms with Crippen LogP contribution in [0.3, 0.4) is 0 Å². The van der Waals surface area contributed by atoms with Crippen molar-refractivity contribution in [2.75, 3.05) is 5.43 Å². The van der Waals surface area contributed by atoms with E-state index >= 15 is 0 Å². The number of nitrogens with one attached hydrogen (secondary N) is 2. The molecule has 0 atom stereocenters. The summed E-state index contributed by atoms with van der Waals surface area (Å²) in [5, 5.41) is 0.860. The zero-order valence-corrected chi connectivity index (χ0v) is 16.0. The third-order valence-corrected chi connectivity index (χ3v) is 5.83. The molecule has 0 aliphatic heterocycles. The maximum Gasteiger partial charge on any atom is 0.416 e. The average Bonchev–Trinajstić information content (AvgIpc) is 3.43. The van der Waals surface area contributed by atoms with Crippen molar-refractivity contribution in [1.82, 2.24) is 15.4 Å². The van der Waals surface area contributed by atoms with Crippen molar-refractivity contribution in [3.05, 3.63) is 51.8 Å². The number of benzene rings is 1. The van der Waals surface area contributed by atoms with E-state index < -0.39 is 17.6 Å². The van der Waals surface area contributed by atoms with Crippen LogP contribution in [0.4, 0.5) is 18.9 Å². The largest absolute Gasteiger partial charge is 0.416 e. The molecule has 4 rings (SSSR count). The normalized spacial score (nSPS) is 14.3. The maximum absolute atomic E-state index is 12.8. The fourth-order valence-corrected chi connectivity index (χ4v) is 4.19. The molecular weight excluding hydrogens is 389 g/mol. The number of hydrazine groups is 1. The van der Waals surface area contributed by atoms with Crippen LogP contribution in [0.25, 0.3) is 10.2 Å². The van der Waals surface area contributed by atoms with E-state index in [-0.39, 0.29) is 5.69 Å². The Hall–Kier alpha value is -2.68. The molecular formula is C19H17F3N4OS. The Morgan fingerprint density at radius 1 is 1.21 bits per heavy atom. The fourth-order valence-electron chi connectivity index (χ4n) is 3.06. The van der Waals surface area contributed by atoms with E-state index in [1.165, 1.54) is 23.5 Å². The van der Waals surface area contributed by atoms with Crippen molar-refractivity contribution in [2.24, 2.45) is 0 Å². The number of halogens is 3. The van der Waals surface area contributed by atoms with Crippen molar-refractivity contribution in [1.29, 1.82) is 0 Å². The van der Waals surface area contributed by atoms with Gasteiger partial charge in [0.25, 0.3) is 5.91 Å². The van der Waals surface area contributed by atoms with Gasteiger partial charge in [-0.2, -0.15) is 13.2 Å². The molecule has 2 N–H and O–H groups in total. The van der Waals surface area contributed by atoms with Crippen LogP contribution in [0.15, 0.2) is 24.3 Å². The van der Waals surface area contributed by atoms with E-state index in [0.29, 0.717) is 10.8 Å². The predicted octanol–water partition coefficient (Wildman–Crippen LogP) is 4.96. The van der Waals surface area contributed by atoms with Crippen LogP contribution in [-0.4, -0.2) is 15.9 Å². The summed E-state index contributed by atoms with van der Waals surface area (Å²) in [6.07, 6.45) is -2.27. The maximum atomic E-state index is 12.8. The van der Waals surface area contributed by atoms with Crippen LogP contribution in [0.5, 0.6) is 0 Å². The van der Waals surface area contributed by atoms with Crippen molar-refractivity contribution < 1.29 is 18.0 Å². The second-order valence-corrected chi connectivity index (χ2v) is 7.83. The second-order valence-electron chi connectivity index (χ2n) is 6.84. The summed E-state index contributed by atoms with van der Waals surface area (Å²) < 4.78 is 38.4. The van der Waals surface area contributed by atoms with E-state index in [4.69, 9.17) is 0 Å². The molecule has 1 aliphatic carbocycles. The number of carbonyl (C=O) groups is 1. The van der Waals surface area contributed by atoms with Crippen molar-refractivity contribution >= 4 is 33.1 Å². The number of hydrogen-bond acceptors (Lipinski definition) is 5. The molecule has 1 saturated carbocycles. The van der Waals surface area contributed by atoms with Gasteiger partial charge in [0.1, 0.15) is 10.7 Å². The van der Waals surface area contributed by atoms with Crippen molar-refractivity contribution in [2.45, 2.75) is 38.8 Å². The number of fused-ring (bicyclic) bond motifs is 1. The minimum absolute atomic E-state index is 0.147. The highest BCUT2D eigenvalue weighted by atomic mass is 32.1. The number of aryl methyl sites for hydroxylation is 2. The number of thiophene rings is 1. The van der Waals surface area contributed by atoms with Crippen LogP contribution >= 0.6 is 11.3 Å². The minimum atomic E-state index is -4.45. The quantitative estimate of drug-likeness (QED) is 0.601. The molecule has 9 heteroatoms. The van der Waals surface area contributed by atoms with Crippen LogP contribution in [0.2, 0.25) is 0 Å². The number of aromatic nitrogens is 2. The number of nitrogens with zero attached hydrogens (tertiary/aromatic N) is 2. The molecule has 0 radical (unpaired) electrons. The molecule has 146 valence electrons. The van der Waals surface area contributed by atoms with Crippen LogP contribution in [-0.2, 0) is 6.18 Å². The first-order valence-electron chi connectivity index (χ1n) is 8.75. The Balaban J connectivity index is 1.56. The zero-order valence-electron chi connectivity index (χ0n) is 15.1. The van der Waals surface area contributed by atoms with E-state index in [2.05, 4.69) is 20.8 Å². The van der Waals surface area contributed by atoms with Gasteiger partial charge < -0.3 is 0 Å². The molecule has 0 spiro atoms. The predicted molar refractivity (Wildman–Crippen MR) is 101 cm³/mol. The van der Waals surface area contributed by atoms with Gasteiger partial charge in [0.15, 0.2) is 0 Å². The van der Waals surface area contributed by atoms with Gasteiger partial charge in [0.05, 0.1) is 21.8 Å². The Morgan fingerprint density at radius 3 is 2.64 bits per heavy atom. The molecule has 1 amide bonds. The van der Waals surface area contributed by atoms with Gasteiger partial charge in [0.2, 0.25) is 0 Å². The SMILES string of the molecule is Cc1nc(C2CC2)nc2sc(C(=O)NNc3cccc(C(F)(F)F)c3)c(C)c12. The zero-order chi connectivity index (χ0) is 20.1. The molecule has 0 unspecified atom stereocenters. The van der Waals surface area contributed by atoms with Gasteiger partial charge in [-0.15, -0.1) is 11.3 Å². The van der Waals surface area contributed by atoms with E-state index in [9.17, 15) is 18.0 Å². The highest BCUT2D eigenvalue weighted by molar-refractivity contribution is 7.20. The Kier molecular flexibility index (Phi) is 4.49. The molecule has 0 saturated heterocycles. The molecule has 2 aromatic heterocycles. The summed E-state index contributed by atoms with van der Waals surface area (Å²) in [5.41, 5.74) is 5.99. The van der Waals surface area contributed by atoms with Gasteiger partial charge in [-0.1, -0.05) is 6.07 Å². The van der Waals surface area contributed by atoms with Crippen molar-refractivity contribution in [3.8, 4) is 0 Å². The Bertz CT molecular complexity index is 1070. The summed E-state index contributed by atoms with van der Waals surface area (Å²) in [6.45, 7) is 3.73. The first-order chi connectivity index (χ1) is 13.2. The van der Waals surface area contributed by atoms with Gasteiger partial charge in [-0.25, -0.2) is 9.97 Å². The van der Waals surface area contributed by atoms with Crippen molar-refractivity contribution in [3.63, 3.8) is 0 Å². The monoisotopic (exact) mass is 406 g/mol. The number of rotatable bonds is 4. The topological polar surface area (TPSA) is 66.9 Å². The smallest absolute Gasteiger partial charge is 0.298 e. The standard InChI is InChI=1S/C19H17F3N4OS/c1-9-14-10(2)23-16(11-6-7-11)24-18(14)28-15(9)17(27)26-25-13-5-3-4-12(8-13)19(20,21)22/h3-5,8,11,25H,6-7H2,1-2H3,(H,26,27). The summed E-state index contributed by atoms with van der Waals surface area (Å²) >= 11 is 1.26. The summed E-state index contributed by atoms with van der Waals surface area (Å²) in [5.74, 6) is 0.802. The lowest BCUT2D eigenvalue weighted by Crippen LogP contribution is -2.29. The third-order valence-electron chi connectivity index (χ3n) is 4.65. The molecule has 2 heterocycles. The Morgan fingerprint density at radius 2 is 1.96 bits per heavy atom. The minimum Gasteiger partial charge on any atom is -0.298 e. The van der Waals surface area contributed by atoms with E-state index in [0.717, 1.165) is 52.3 Å². The molecule has 1 aromatic carbocycles. The lowest BCUT2D eigenvalue weighted by molar-refractivity contribution is -0.137. The molecule has 1 fully saturated rings. The van der Waals surface area contributed by atoms with Crippen LogP contribution in [0.1, 0.15) is 51.1 Å². The first kappa shape index (κ1) is 18.7. The molecule has 1 aliphatic rings. The van der Waals surface area contributed by atoms with Gasteiger partial charge in [-0.3, -0.25) is 15.6 Å². The fraction of sp³-hybridized carbons (Fsp3) is 0.316. The summed E-state index contributed by atoms with van der Waals surface area (Å²) in [7, 11) is 0. The molecule has 28 heavy (non-hydrogen) atoms. The van der Waals surface area contributed by atoms with Crippen LogP contribution < -0.4 is 10.9 Å². The van der Waals surface area contributed by atoms with Crippen LogP contribution in [0, 0.1) is 13.8 Å². The Labute approximate surface area is 163 Å². The van der Waals surface area contributed by atoms with Gasteiger partial charge in [0, 0.05) is 11.3 Å². The molecule has 0 bridgehead atoms. The lowest BCUT2D eigenvalue weighted by Gasteiger charge is -2.11. The van der Waals surface area contributed by atoms with E-state index in [1.54, 1.807) is 0 Å². The van der Waals surface area contributed by atoms with E-state index in [1.807, 2.05) is 13.8 Å². The lowest BCUT2D eigenvalue weighted by atomic mass is 10.1. The van der Waals surface area contributed by atoms with Gasteiger partial charge in [-0.05, 0) is 50.5 Å². The number of amides is 1. The summed E-state index contributed by atoms with van der Waals surface area (Å²) in [6, 6.07) is 4.64. The highest BCUT2D eigenvalue weighted by Gasteiger charge is 2.31. The average molecular weight is 406 g/mol. The second kappa shape index (κ2) is 6.73. The molecule has 3 aromatic rings. The number of hydrogen-bond donors (Lipinski definition) is 2. The number of carbonyl (C=O) groups excluding carboxylic acids is 1. The van der Waals surface area contributed by atoms with Gasteiger partial charge >= 0.3 is 6.18 Å². The molecule has 5 nitrogen and oxygen atoms in total. The first-order valence-corrected chi connectivity index (χ1v) is 9.57.